The number of carbonyl (C=O) groups is 1. The third-order valence-corrected chi connectivity index (χ3v) is 2.41. The number of hydrogen-bond donors (Lipinski definition) is 0. The van der Waals surface area contributed by atoms with Crippen LogP contribution >= 0.6 is 0 Å². The fourth-order valence-electron chi connectivity index (χ4n) is 1.59. The number of aryl methyl sites for hydroxylation is 1. The van der Waals surface area contributed by atoms with Gasteiger partial charge in [0.05, 0.1) is 6.61 Å². The van der Waals surface area contributed by atoms with E-state index < -0.39 is 0 Å². The van der Waals surface area contributed by atoms with E-state index >= 15 is 0 Å². The van der Waals surface area contributed by atoms with E-state index in [2.05, 4.69) is 0 Å². The van der Waals surface area contributed by atoms with E-state index in [4.69, 9.17) is 9.47 Å². The summed E-state index contributed by atoms with van der Waals surface area (Å²) in [6.45, 7) is 2.52. The first kappa shape index (κ1) is 10.0. The molecule has 0 atom stereocenters. The lowest BCUT2D eigenvalue weighted by molar-refractivity contribution is -0.134. The molecule has 1 aliphatic heterocycles. The van der Waals surface area contributed by atoms with Gasteiger partial charge in [-0.25, -0.2) is 0 Å². The predicted molar refractivity (Wildman–Crippen MR) is 56.2 cm³/mol. The smallest absolute Gasteiger partial charge is 0.310 e. The molecular formula is C12H14O3. The number of hydrogen-bond acceptors (Lipinski definition) is 3. The van der Waals surface area contributed by atoms with Crippen LogP contribution in [-0.4, -0.2) is 12.6 Å². The lowest BCUT2D eigenvalue weighted by atomic mass is 10.1. The van der Waals surface area contributed by atoms with Gasteiger partial charge < -0.3 is 9.47 Å². The molecule has 0 fully saturated rings. The van der Waals surface area contributed by atoms with Crippen molar-refractivity contribution in [3.63, 3.8) is 0 Å². The van der Waals surface area contributed by atoms with E-state index in [1.807, 2.05) is 12.1 Å². The predicted octanol–water partition coefficient (Wildman–Crippen LogP) is 2.33. The maximum absolute atomic E-state index is 11.1. The van der Waals surface area contributed by atoms with Crippen molar-refractivity contribution in [2.75, 3.05) is 6.61 Å². The number of fused-ring (bicyclic) bond motifs is 1. The Labute approximate surface area is 89.0 Å². The molecule has 0 aliphatic carbocycles. The third kappa shape index (κ3) is 2.29. The average molecular weight is 206 g/mol. The zero-order valence-corrected chi connectivity index (χ0v) is 8.79. The second-order valence-electron chi connectivity index (χ2n) is 3.55. The van der Waals surface area contributed by atoms with Crippen molar-refractivity contribution in [3.05, 3.63) is 23.8 Å². The highest BCUT2D eigenvalue weighted by molar-refractivity contribution is 5.72. The standard InChI is InChI=1S/C12H14O3/c1-2-12(13)15-10-6-5-9-4-3-7-14-11(9)8-10/h5-6,8H,2-4,7H2,1H3. The van der Waals surface area contributed by atoms with Crippen LogP contribution in [0.2, 0.25) is 0 Å². The van der Waals surface area contributed by atoms with E-state index in [1.54, 1.807) is 13.0 Å². The summed E-state index contributed by atoms with van der Waals surface area (Å²) < 4.78 is 10.6. The lowest BCUT2D eigenvalue weighted by Crippen LogP contribution is -2.10. The molecule has 0 radical (unpaired) electrons. The Kier molecular flexibility index (Phi) is 2.90. The van der Waals surface area contributed by atoms with E-state index in [9.17, 15) is 4.79 Å². The maximum Gasteiger partial charge on any atom is 0.310 e. The highest BCUT2D eigenvalue weighted by atomic mass is 16.5. The van der Waals surface area contributed by atoms with E-state index in [0.29, 0.717) is 12.2 Å². The summed E-state index contributed by atoms with van der Waals surface area (Å²) in [7, 11) is 0. The molecule has 2 rings (SSSR count). The van der Waals surface area contributed by atoms with Gasteiger partial charge in [-0.1, -0.05) is 13.0 Å². The minimum Gasteiger partial charge on any atom is -0.493 e. The number of ether oxygens (including phenoxy) is 2. The van der Waals surface area contributed by atoms with Gasteiger partial charge in [-0.2, -0.15) is 0 Å². The molecule has 1 heterocycles. The minimum atomic E-state index is -0.217. The molecule has 0 saturated carbocycles. The SMILES string of the molecule is CCC(=O)Oc1ccc2c(c1)OCCC2. The summed E-state index contributed by atoms with van der Waals surface area (Å²) in [5.41, 5.74) is 1.19. The summed E-state index contributed by atoms with van der Waals surface area (Å²) in [5, 5.41) is 0. The van der Waals surface area contributed by atoms with Gasteiger partial charge in [-0.3, -0.25) is 4.79 Å². The van der Waals surface area contributed by atoms with Crippen LogP contribution in [0.5, 0.6) is 11.5 Å². The van der Waals surface area contributed by atoms with Crippen molar-refractivity contribution in [2.24, 2.45) is 0 Å². The van der Waals surface area contributed by atoms with Crippen LogP contribution in [-0.2, 0) is 11.2 Å². The molecule has 3 heteroatoms. The molecule has 0 N–H and O–H groups in total. The Bertz CT molecular complexity index is 371. The molecule has 1 aromatic rings. The molecule has 3 nitrogen and oxygen atoms in total. The number of rotatable bonds is 2. The van der Waals surface area contributed by atoms with E-state index in [-0.39, 0.29) is 5.97 Å². The molecule has 0 amide bonds. The largest absolute Gasteiger partial charge is 0.493 e. The van der Waals surface area contributed by atoms with Crippen molar-refractivity contribution in [1.82, 2.24) is 0 Å². The van der Waals surface area contributed by atoms with Crippen LogP contribution in [0.4, 0.5) is 0 Å². The fourth-order valence-corrected chi connectivity index (χ4v) is 1.59. The molecule has 0 saturated heterocycles. The van der Waals surface area contributed by atoms with Gasteiger partial charge in [0.25, 0.3) is 0 Å². The van der Waals surface area contributed by atoms with Gasteiger partial charge in [0.2, 0.25) is 0 Å². The van der Waals surface area contributed by atoms with Crippen LogP contribution in [0.15, 0.2) is 18.2 Å². The van der Waals surface area contributed by atoms with Gasteiger partial charge in [0.1, 0.15) is 11.5 Å². The second-order valence-corrected chi connectivity index (χ2v) is 3.55. The van der Waals surface area contributed by atoms with E-state index in [1.165, 1.54) is 5.56 Å². The molecule has 0 aromatic heterocycles. The molecule has 1 aliphatic rings. The Morgan fingerprint density at radius 3 is 3.20 bits per heavy atom. The molecule has 1 aromatic carbocycles. The normalized spacial score (nSPS) is 13.9. The highest BCUT2D eigenvalue weighted by Crippen LogP contribution is 2.29. The first-order valence-electron chi connectivity index (χ1n) is 5.26. The van der Waals surface area contributed by atoms with Crippen molar-refractivity contribution < 1.29 is 14.3 Å². The molecule has 0 spiro atoms. The van der Waals surface area contributed by atoms with Crippen molar-refractivity contribution in [1.29, 1.82) is 0 Å². The molecule has 0 bridgehead atoms. The van der Waals surface area contributed by atoms with Crippen LogP contribution in [0, 0.1) is 0 Å². The average Bonchev–Trinajstić information content (AvgIpc) is 2.29. The van der Waals surface area contributed by atoms with Crippen molar-refractivity contribution >= 4 is 5.97 Å². The highest BCUT2D eigenvalue weighted by Gasteiger charge is 2.11. The number of benzene rings is 1. The number of carbonyl (C=O) groups excluding carboxylic acids is 1. The zero-order chi connectivity index (χ0) is 10.7. The Morgan fingerprint density at radius 2 is 2.40 bits per heavy atom. The van der Waals surface area contributed by atoms with Gasteiger partial charge in [-0.05, 0) is 24.5 Å². The van der Waals surface area contributed by atoms with Gasteiger partial charge in [-0.15, -0.1) is 0 Å². The lowest BCUT2D eigenvalue weighted by Gasteiger charge is -2.17. The fraction of sp³-hybridized carbons (Fsp3) is 0.417. The van der Waals surface area contributed by atoms with Gasteiger partial charge in [0.15, 0.2) is 0 Å². The van der Waals surface area contributed by atoms with Gasteiger partial charge in [0, 0.05) is 12.5 Å². The van der Waals surface area contributed by atoms with Crippen molar-refractivity contribution in [2.45, 2.75) is 26.2 Å². The van der Waals surface area contributed by atoms with Crippen LogP contribution < -0.4 is 9.47 Å². The van der Waals surface area contributed by atoms with Crippen molar-refractivity contribution in [3.8, 4) is 11.5 Å². The Balaban J connectivity index is 2.17. The molecule has 0 unspecified atom stereocenters. The Morgan fingerprint density at radius 1 is 1.53 bits per heavy atom. The second kappa shape index (κ2) is 4.34. The summed E-state index contributed by atoms with van der Waals surface area (Å²) in [6.07, 6.45) is 2.48. The minimum absolute atomic E-state index is 0.217. The van der Waals surface area contributed by atoms with Crippen LogP contribution in [0.1, 0.15) is 25.3 Å². The Hall–Kier alpha value is -1.51. The monoisotopic (exact) mass is 206 g/mol. The summed E-state index contributed by atoms with van der Waals surface area (Å²) in [4.78, 5) is 11.1. The van der Waals surface area contributed by atoms with Crippen LogP contribution in [0.3, 0.4) is 0 Å². The molecule has 15 heavy (non-hydrogen) atoms. The summed E-state index contributed by atoms with van der Waals surface area (Å²) in [5.74, 6) is 1.20. The first-order valence-corrected chi connectivity index (χ1v) is 5.26. The molecule has 80 valence electrons. The third-order valence-electron chi connectivity index (χ3n) is 2.41. The van der Waals surface area contributed by atoms with Gasteiger partial charge >= 0.3 is 5.97 Å². The topological polar surface area (TPSA) is 35.5 Å². The quantitative estimate of drug-likeness (QED) is 0.550. The summed E-state index contributed by atoms with van der Waals surface area (Å²) >= 11 is 0. The number of esters is 1. The molecular weight excluding hydrogens is 192 g/mol. The van der Waals surface area contributed by atoms with Crippen LogP contribution in [0.25, 0.3) is 0 Å². The maximum atomic E-state index is 11.1. The first-order chi connectivity index (χ1) is 7.29. The summed E-state index contributed by atoms with van der Waals surface area (Å²) in [6, 6.07) is 5.58. The van der Waals surface area contributed by atoms with E-state index in [0.717, 1.165) is 25.2 Å². The zero-order valence-electron chi connectivity index (χ0n) is 8.79.